The van der Waals surface area contributed by atoms with Crippen LogP contribution in [-0.2, 0) is 17.7 Å². The molecule has 0 radical (unpaired) electrons. The number of rotatable bonds is 6. The van der Waals surface area contributed by atoms with Gasteiger partial charge in [-0.1, -0.05) is 18.5 Å². The van der Waals surface area contributed by atoms with E-state index < -0.39 is 0 Å². The largest absolute Gasteiger partial charge is 0.465 e. The minimum atomic E-state index is -0.377. The monoisotopic (exact) mass is 372 g/mol. The topological polar surface area (TPSA) is 68.2 Å². The van der Waals surface area contributed by atoms with Crippen molar-refractivity contribution in [2.45, 2.75) is 19.9 Å². The number of halogens is 1. The minimum absolute atomic E-state index is 0.377. The van der Waals surface area contributed by atoms with Crippen LogP contribution in [0.3, 0.4) is 0 Å². The predicted octanol–water partition coefficient (Wildman–Crippen LogP) is 2.93. The number of carbonyl (C=O) groups excluding carboxylic acids is 1. The zero-order chi connectivity index (χ0) is 16.8. The molecule has 0 aliphatic heterocycles. The smallest absolute Gasteiger partial charge is 0.340 e. The van der Waals surface area contributed by atoms with Gasteiger partial charge in [-0.25, -0.2) is 4.79 Å². The van der Waals surface area contributed by atoms with Crippen LogP contribution in [0.4, 0.5) is 5.00 Å². The van der Waals surface area contributed by atoms with Gasteiger partial charge < -0.3 is 15.4 Å². The van der Waals surface area contributed by atoms with Gasteiger partial charge >= 0.3 is 5.97 Å². The fourth-order valence-corrected chi connectivity index (χ4v) is 3.28. The molecule has 2 aromatic rings. The van der Waals surface area contributed by atoms with E-state index in [1.165, 1.54) is 18.4 Å². The van der Waals surface area contributed by atoms with Gasteiger partial charge in [0.1, 0.15) is 5.00 Å². The Labute approximate surface area is 148 Å². The molecule has 0 bridgehead atoms. The van der Waals surface area contributed by atoms with Crippen LogP contribution in [0.25, 0.3) is 0 Å². The number of hydrogen-bond acceptors (Lipinski definition) is 5. The van der Waals surface area contributed by atoms with Gasteiger partial charge in [0.05, 0.1) is 30.4 Å². The van der Waals surface area contributed by atoms with Crippen LogP contribution in [0.15, 0.2) is 18.5 Å². The number of anilines is 1. The first kappa shape index (κ1) is 17.7. The first-order chi connectivity index (χ1) is 11.0. The summed E-state index contributed by atoms with van der Waals surface area (Å²) in [5.74, 6) is -0.377. The maximum absolute atomic E-state index is 11.8. The van der Waals surface area contributed by atoms with E-state index >= 15 is 0 Å². The number of hydrogen-bond donors (Lipinski definition) is 2. The van der Waals surface area contributed by atoms with Crippen LogP contribution >= 0.6 is 35.2 Å². The molecule has 2 aromatic heterocycles. The Balaban J connectivity index is 1.91. The maximum atomic E-state index is 11.8. The number of nitrogens with zero attached hydrogens (tertiary/aromatic N) is 2. The Morgan fingerprint density at radius 1 is 1.57 bits per heavy atom. The Morgan fingerprint density at radius 2 is 2.35 bits per heavy atom. The van der Waals surface area contributed by atoms with Crippen molar-refractivity contribution in [3.8, 4) is 0 Å². The Kier molecular flexibility index (Phi) is 6.37. The van der Waals surface area contributed by atoms with Crippen LogP contribution in [0.5, 0.6) is 0 Å². The molecule has 6 nitrogen and oxygen atoms in total. The number of aromatic nitrogens is 2. The van der Waals surface area contributed by atoms with Crippen LogP contribution < -0.4 is 10.6 Å². The molecule has 9 heteroatoms. The highest BCUT2D eigenvalue weighted by atomic mass is 35.5. The fraction of sp³-hybridized carbons (Fsp3) is 0.357. The molecule has 0 saturated heterocycles. The third-order valence-electron chi connectivity index (χ3n) is 2.99. The molecule has 2 heterocycles. The Hall–Kier alpha value is -1.64. The summed E-state index contributed by atoms with van der Waals surface area (Å²) in [7, 11) is 1.36. The van der Waals surface area contributed by atoms with Gasteiger partial charge in [-0.3, -0.25) is 4.68 Å². The van der Waals surface area contributed by atoms with E-state index in [1.807, 2.05) is 13.0 Å². The summed E-state index contributed by atoms with van der Waals surface area (Å²) in [6.45, 7) is 3.24. The van der Waals surface area contributed by atoms with Gasteiger partial charge in [-0.15, -0.1) is 11.3 Å². The molecule has 2 rings (SSSR count). The highest BCUT2D eigenvalue weighted by Crippen LogP contribution is 2.29. The van der Waals surface area contributed by atoms with E-state index in [9.17, 15) is 4.79 Å². The average molecular weight is 373 g/mol. The molecule has 0 spiro atoms. The summed E-state index contributed by atoms with van der Waals surface area (Å²) in [4.78, 5) is 12.9. The first-order valence-corrected chi connectivity index (χ1v) is 8.57. The van der Waals surface area contributed by atoms with E-state index in [2.05, 4.69) is 15.7 Å². The minimum Gasteiger partial charge on any atom is -0.465 e. The van der Waals surface area contributed by atoms with Crippen LogP contribution in [-0.4, -0.2) is 34.5 Å². The van der Waals surface area contributed by atoms with Gasteiger partial charge in [-0.2, -0.15) is 5.10 Å². The maximum Gasteiger partial charge on any atom is 0.340 e. The zero-order valence-electron chi connectivity index (χ0n) is 12.8. The number of nitrogens with one attached hydrogen (secondary N) is 2. The van der Waals surface area contributed by atoms with Gasteiger partial charge in [-0.05, 0) is 24.7 Å². The van der Waals surface area contributed by atoms with Crippen molar-refractivity contribution in [2.75, 3.05) is 19.0 Å². The van der Waals surface area contributed by atoms with Crippen LogP contribution in [0.2, 0.25) is 5.02 Å². The van der Waals surface area contributed by atoms with Crippen molar-refractivity contribution in [2.24, 2.45) is 0 Å². The van der Waals surface area contributed by atoms with Gasteiger partial charge in [0.25, 0.3) is 0 Å². The second-order valence-electron chi connectivity index (χ2n) is 4.60. The standard InChI is InChI=1S/C14H17ClN4O2S2/c1-3-10-6-11(13(20)21-2)12(23-10)18-14(22)16-4-5-19-8-9(15)7-17-19/h6-8H,3-5H2,1-2H3,(H2,16,18,22). The molecule has 0 saturated carbocycles. The highest BCUT2D eigenvalue weighted by Gasteiger charge is 2.16. The van der Waals surface area contributed by atoms with Crippen LogP contribution in [0.1, 0.15) is 22.2 Å². The number of thiophene rings is 1. The average Bonchev–Trinajstić information content (AvgIpc) is 3.12. The summed E-state index contributed by atoms with van der Waals surface area (Å²) < 4.78 is 6.52. The molecule has 0 aliphatic carbocycles. The lowest BCUT2D eigenvalue weighted by Gasteiger charge is -2.10. The second kappa shape index (κ2) is 8.28. The number of carbonyl (C=O) groups is 1. The van der Waals surface area contributed by atoms with E-state index in [-0.39, 0.29) is 5.97 Å². The summed E-state index contributed by atoms with van der Waals surface area (Å²) in [6, 6.07) is 1.83. The lowest BCUT2D eigenvalue weighted by Crippen LogP contribution is -2.31. The summed E-state index contributed by atoms with van der Waals surface area (Å²) in [5, 5.41) is 11.9. The van der Waals surface area contributed by atoms with Crippen molar-refractivity contribution in [1.82, 2.24) is 15.1 Å². The van der Waals surface area contributed by atoms with Crippen molar-refractivity contribution < 1.29 is 9.53 Å². The molecule has 23 heavy (non-hydrogen) atoms. The van der Waals surface area contributed by atoms with Gasteiger partial charge in [0.15, 0.2) is 5.11 Å². The quantitative estimate of drug-likeness (QED) is 0.600. The molecular weight excluding hydrogens is 356 g/mol. The molecule has 0 atom stereocenters. The lowest BCUT2D eigenvalue weighted by atomic mass is 10.2. The molecule has 0 aromatic carbocycles. The molecule has 0 aliphatic rings. The number of methoxy groups -OCH3 is 1. The summed E-state index contributed by atoms with van der Waals surface area (Å²) in [6.07, 6.45) is 4.16. The SMILES string of the molecule is CCc1cc(C(=O)OC)c(NC(=S)NCCn2cc(Cl)cn2)s1. The highest BCUT2D eigenvalue weighted by molar-refractivity contribution is 7.80. The number of ether oxygens (including phenoxy) is 1. The van der Waals surface area contributed by atoms with E-state index in [1.54, 1.807) is 17.1 Å². The summed E-state index contributed by atoms with van der Waals surface area (Å²) in [5.41, 5.74) is 0.498. The predicted molar refractivity (Wildman–Crippen MR) is 96.5 cm³/mol. The van der Waals surface area contributed by atoms with Crippen molar-refractivity contribution in [1.29, 1.82) is 0 Å². The lowest BCUT2D eigenvalue weighted by molar-refractivity contribution is 0.0602. The van der Waals surface area contributed by atoms with Crippen molar-refractivity contribution in [3.63, 3.8) is 0 Å². The molecular formula is C14H17ClN4O2S2. The van der Waals surface area contributed by atoms with Crippen molar-refractivity contribution in [3.05, 3.63) is 33.9 Å². The number of esters is 1. The molecule has 124 valence electrons. The zero-order valence-corrected chi connectivity index (χ0v) is 15.1. The van der Waals surface area contributed by atoms with Gasteiger partial charge in [0.2, 0.25) is 0 Å². The Morgan fingerprint density at radius 3 is 2.96 bits per heavy atom. The molecule has 2 N–H and O–H groups in total. The number of aryl methyl sites for hydroxylation is 1. The normalized spacial score (nSPS) is 10.4. The fourth-order valence-electron chi connectivity index (χ4n) is 1.86. The summed E-state index contributed by atoms with van der Waals surface area (Å²) >= 11 is 12.6. The Bertz CT molecular complexity index is 699. The van der Waals surface area contributed by atoms with E-state index in [4.69, 9.17) is 28.6 Å². The van der Waals surface area contributed by atoms with Gasteiger partial charge in [0, 0.05) is 17.6 Å². The third kappa shape index (κ3) is 4.92. The third-order valence-corrected chi connectivity index (χ3v) is 4.63. The van der Waals surface area contributed by atoms with E-state index in [0.717, 1.165) is 11.3 Å². The molecule has 0 fully saturated rings. The van der Waals surface area contributed by atoms with Crippen LogP contribution in [0, 0.1) is 0 Å². The molecule has 0 amide bonds. The van der Waals surface area contributed by atoms with Crippen molar-refractivity contribution >= 4 is 51.2 Å². The second-order valence-corrected chi connectivity index (χ2v) is 6.58. The first-order valence-electron chi connectivity index (χ1n) is 6.97. The van der Waals surface area contributed by atoms with E-state index in [0.29, 0.717) is 33.8 Å². The molecule has 0 unspecified atom stereocenters. The number of thiocarbonyl (C=S) groups is 1.